The first-order chi connectivity index (χ1) is 11.7. The maximum absolute atomic E-state index is 6.07. The number of imidazole rings is 1. The van der Waals surface area contributed by atoms with E-state index >= 15 is 0 Å². The average molecular weight is 327 g/mol. The summed E-state index contributed by atoms with van der Waals surface area (Å²) in [6.07, 6.45) is 8.75. The molecule has 1 aliphatic rings. The summed E-state index contributed by atoms with van der Waals surface area (Å²) in [4.78, 5) is 10.9. The van der Waals surface area contributed by atoms with Crippen LogP contribution in [0.5, 0.6) is 0 Å². The first kappa shape index (κ1) is 15.3. The van der Waals surface area contributed by atoms with Crippen LogP contribution in [0.15, 0.2) is 29.3 Å². The van der Waals surface area contributed by atoms with Crippen LogP contribution in [0.25, 0.3) is 5.65 Å². The standard InChI is InChI=1S/C17H21N5O2/c1-12-16(13(2)24-20-12)11-23-15-3-5-21(10-15)9-14-7-19-17-8-18-4-6-22(14)17/h4,6-8,15H,3,5,9-11H2,1-2H3. The van der Waals surface area contributed by atoms with Gasteiger partial charge in [0.1, 0.15) is 5.76 Å². The van der Waals surface area contributed by atoms with Gasteiger partial charge in [0.15, 0.2) is 5.65 Å². The number of likely N-dealkylation sites (tertiary alicyclic amines) is 1. The summed E-state index contributed by atoms with van der Waals surface area (Å²) in [7, 11) is 0. The van der Waals surface area contributed by atoms with E-state index in [4.69, 9.17) is 9.26 Å². The Bertz CT molecular complexity index is 821. The van der Waals surface area contributed by atoms with Gasteiger partial charge in [-0.25, -0.2) is 4.98 Å². The van der Waals surface area contributed by atoms with Gasteiger partial charge in [-0.1, -0.05) is 5.16 Å². The molecule has 1 aliphatic heterocycles. The van der Waals surface area contributed by atoms with E-state index in [-0.39, 0.29) is 6.10 Å². The second kappa shape index (κ2) is 6.33. The van der Waals surface area contributed by atoms with Gasteiger partial charge in [0.05, 0.1) is 36.5 Å². The van der Waals surface area contributed by atoms with E-state index in [0.29, 0.717) is 6.61 Å². The molecule has 3 aromatic rings. The van der Waals surface area contributed by atoms with Crippen molar-refractivity contribution in [2.45, 2.75) is 39.5 Å². The predicted molar refractivity (Wildman–Crippen MR) is 87.4 cm³/mol. The Labute approximate surface area is 140 Å². The van der Waals surface area contributed by atoms with Crippen LogP contribution in [0.3, 0.4) is 0 Å². The van der Waals surface area contributed by atoms with Gasteiger partial charge in [0, 0.05) is 37.6 Å². The molecule has 4 rings (SSSR count). The fraction of sp³-hybridized carbons (Fsp3) is 0.471. The molecule has 3 aromatic heterocycles. The van der Waals surface area contributed by atoms with Gasteiger partial charge in [0.2, 0.25) is 0 Å². The van der Waals surface area contributed by atoms with Crippen LogP contribution in [-0.4, -0.2) is 43.6 Å². The summed E-state index contributed by atoms with van der Waals surface area (Å²) in [5.41, 5.74) is 4.06. The van der Waals surface area contributed by atoms with E-state index in [9.17, 15) is 0 Å². The predicted octanol–water partition coefficient (Wildman–Crippen LogP) is 2.13. The number of hydrogen-bond acceptors (Lipinski definition) is 6. The average Bonchev–Trinajstić information content (AvgIpc) is 3.28. The Balaban J connectivity index is 1.35. The minimum Gasteiger partial charge on any atom is -0.372 e. The van der Waals surface area contributed by atoms with Gasteiger partial charge >= 0.3 is 0 Å². The highest BCUT2D eigenvalue weighted by Gasteiger charge is 2.24. The minimum atomic E-state index is 0.250. The second-order valence-corrected chi connectivity index (χ2v) is 6.31. The van der Waals surface area contributed by atoms with Gasteiger partial charge in [-0.2, -0.15) is 0 Å². The molecule has 1 unspecified atom stereocenters. The third-order valence-corrected chi connectivity index (χ3v) is 4.65. The molecule has 0 amide bonds. The van der Waals surface area contributed by atoms with Crippen molar-refractivity contribution in [3.8, 4) is 0 Å². The van der Waals surface area contributed by atoms with Crippen LogP contribution in [0, 0.1) is 13.8 Å². The molecule has 7 nitrogen and oxygen atoms in total. The SMILES string of the molecule is Cc1noc(C)c1COC1CCN(Cc2cnc3cnccn23)C1. The quantitative estimate of drug-likeness (QED) is 0.715. The Morgan fingerprint density at radius 3 is 3.08 bits per heavy atom. The first-order valence-electron chi connectivity index (χ1n) is 8.22. The lowest BCUT2D eigenvalue weighted by atomic mass is 10.2. The highest BCUT2D eigenvalue weighted by molar-refractivity contribution is 5.36. The number of ether oxygens (including phenoxy) is 1. The summed E-state index contributed by atoms with van der Waals surface area (Å²) < 4.78 is 13.3. The van der Waals surface area contributed by atoms with Crippen molar-refractivity contribution >= 4 is 5.65 Å². The zero-order chi connectivity index (χ0) is 16.5. The third kappa shape index (κ3) is 2.92. The Kier molecular flexibility index (Phi) is 4.03. The van der Waals surface area contributed by atoms with Crippen LogP contribution >= 0.6 is 0 Å². The smallest absolute Gasteiger partial charge is 0.155 e. The summed E-state index contributed by atoms with van der Waals surface area (Å²) in [6.45, 7) is 7.29. The number of aryl methyl sites for hydroxylation is 2. The van der Waals surface area contributed by atoms with E-state index in [1.54, 1.807) is 12.4 Å². The molecule has 7 heteroatoms. The molecule has 1 fully saturated rings. The largest absolute Gasteiger partial charge is 0.372 e. The van der Waals surface area contributed by atoms with Crippen molar-refractivity contribution < 1.29 is 9.26 Å². The fourth-order valence-electron chi connectivity index (χ4n) is 3.23. The first-order valence-corrected chi connectivity index (χ1v) is 8.22. The van der Waals surface area contributed by atoms with Crippen molar-refractivity contribution in [1.82, 2.24) is 24.4 Å². The second-order valence-electron chi connectivity index (χ2n) is 6.31. The lowest BCUT2D eigenvalue weighted by Crippen LogP contribution is -2.23. The molecule has 1 atom stereocenters. The van der Waals surface area contributed by atoms with Gasteiger partial charge in [-0.3, -0.25) is 14.3 Å². The van der Waals surface area contributed by atoms with Crippen LogP contribution in [-0.2, 0) is 17.9 Å². The highest BCUT2D eigenvalue weighted by atomic mass is 16.5. The monoisotopic (exact) mass is 327 g/mol. The van der Waals surface area contributed by atoms with Gasteiger partial charge in [0.25, 0.3) is 0 Å². The topological polar surface area (TPSA) is 68.7 Å². The van der Waals surface area contributed by atoms with Crippen LogP contribution in [0.2, 0.25) is 0 Å². The van der Waals surface area contributed by atoms with E-state index in [1.807, 2.05) is 26.2 Å². The zero-order valence-electron chi connectivity index (χ0n) is 14.0. The Morgan fingerprint density at radius 1 is 1.33 bits per heavy atom. The number of hydrogen-bond donors (Lipinski definition) is 0. The van der Waals surface area contributed by atoms with E-state index < -0.39 is 0 Å². The molecule has 0 saturated carbocycles. The molecule has 0 aromatic carbocycles. The molecular formula is C17H21N5O2. The van der Waals surface area contributed by atoms with Crippen molar-refractivity contribution in [1.29, 1.82) is 0 Å². The summed E-state index contributed by atoms with van der Waals surface area (Å²) in [5, 5.41) is 3.97. The van der Waals surface area contributed by atoms with Crippen molar-refractivity contribution in [2.24, 2.45) is 0 Å². The van der Waals surface area contributed by atoms with Crippen LogP contribution < -0.4 is 0 Å². The Hall–Kier alpha value is -2.25. The normalized spacial score (nSPS) is 18.7. The Morgan fingerprint density at radius 2 is 2.25 bits per heavy atom. The zero-order valence-corrected chi connectivity index (χ0v) is 14.0. The molecule has 0 N–H and O–H groups in total. The third-order valence-electron chi connectivity index (χ3n) is 4.65. The summed E-state index contributed by atoms with van der Waals surface area (Å²) >= 11 is 0. The van der Waals surface area contributed by atoms with E-state index in [0.717, 1.165) is 48.7 Å². The molecule has 0 aliphatic carbocycles. The molecule has 4 heterocycles. The molecular weight excluding hydrogens is 306 g/mol. The summed E-state index contributed by atoms with van der Waals surface area (Å²) in [6, 6.07) is 0. The van der Waals surface area contributed by atoms with Crippen LogP contribution in [0.1, 0.15) is 29.1 Å². The van der Waals surface area contributed by atoms with Gasteiger partial charge < -0.3 is 9.26 Å². The summed E-state index contributed by atoms with van der Waals surface area (Å²) in [5.74, 6) is 0.849. The lowest BCUT2D eigenvalue weighted by Gasteiger charge is -2.16. The highest BCUT2D eigenvalue weighted by Crippen LogP contribution is 2.20. The molecule has 0 radical (unpaired) electrons. The number of aromatic nitrogens is 4. The van der Waals surface area contributed by atoms with Crippen molar-refractivity contribution in [2.75, 3.05) is 13.1 Å². The van der Waals surface area contributed by atoms with Crippen molar-refractivity contribution in [3.63, 3.8) is 0 Å². The minimum absolute atomic E-state index is 0.250. The fourth-order valence-corrected chi connectivity index (χ4v) is 3.23. The maximum Gasteiger partial charge on any atom is 0.155 e. The molecule has 0 spiro atoms. The van der Waals surface area contributed by atoms with E-state index in [2.05, 4.69) is 24.4 Å². The molecule has 0 bridgehead atoms. The molecule has 24 heavy (non-hydrogen) atoms. The van der Waals surface area contributed by atoms with Crippen molar-refractivity contribution in [3.05, 3.63) is 47.5 Å². The molecule has 126 valence electrons. The van der Waals surface area contributed by atoms with Gasteiger partial charge in [-0.05, 0) is 20.3 Å². The number of fused-ring (bicyclic) bond motifs is 1. The van der Waals surface area contributed by atoms with Crippen LogP contribution in [0.4, 0.5) is 0 Å². The molecule has 1 saturated heterocycles. The van der Waals surface area contributed by atoms with Gasteiger partial charge in [-0.15, -0.1) is 0 Å². The lowest BCUT2D eigenvalue weighted by molar-refractivity contribution is 0.0452. The number of rotatable bonds is 5. The van der Waals surface area contributed by atoms with E-state index in [1.165, 1.54) is 5.69 Å². The number of nitrogens with zero attached hydrogens (tertiary/aromatic N) is 5. The maximum atomic E-state index is 6.07.